The third-order valence-corrected chi connectivity index (χ3v) is 4.92. The van der Waals surface area contributed by atoms with Gasteiger partial charge in [0.1, 0.15) is 12.4 Å². The Labute approximate surface area is 166 Å². The Kier molecular flexibility index (Phi) is 4.72. The van der Waals surface area contributed by atoms with Gasteiger partial charge in [-0.15, -0.1) is 0 Å². The highest BCUT2D eigenvalue weighted by atomic mass is 16.5. The largest absolute Gasteiger partial charge is 0.457 e. The fourth-order valence-corrected chi connectivity index (χ4v) is 3.26. The molecule has 0 bridgehead atoms. The van der Waals surface area contributed by atoms with E-state index in [4.69, 9.17) is 9.26 Å². The first kappa shape index (κ1) is 18.6. The number of hydrogen-bond acceptors (Lipinski definition) is 6. The molecule has 0 N–H and O–H groups in total. The summed E-state index contributed by atoms with van der Waals surface area (Å²) in [7, 11) is 0. The van der Waals surface area contributed by atoms with Crippen molar-refractivity contribution in [2.75, 3.05) is 0 Å². The molecule has 1 aliphatic rings. The number of rotatable bonds is 5. The summed E-state index contributed by atoms with van der Waals surface area (Å²) in [5, 5.41) is 3.82. The number of carbonyl (C=O) groups excluding carboxylic acids is 3. The summed E-state index contributed by atoms with van der Waals surface area (Å²) in [6, 6.07) is 13.7. The summed E-state index contributed by atoms with van der Waals surface area (Å²) in [5.74, 6) is -0.796. The smallest absolute Gasteiger partial charge is 0.338 e. The molecule has 4 rings (SSSR count). The molecule has 0 unspecified atom stereocenters. The van der Waals surface area contributed by atoms with Crippen molar-refractivity contribution < 1.29 is 23.6 Å². The van der Waals surface area contributed by atoms with Crippen LogP contribution in [0.25, 0.3) is 0 Å². The molecule has 0 radical (unpaired) electrons. The predicted octanol–water partition coefficient (Wildman–Crippen LogP) is 3.44. The summed E-state index contributed by atoms with van der Waals surface area (Å²) in [6.07, 6.45) is 0. The second-order valence-electron chi connectivity index (χ2n) is 6.82. The van der Waals surface area contributed by atoms with Crippen molar-refractivity contribution in [1.82, 2.24) is 10.1 Å². The van der Waals surface area contributed by atoms with Crippen molar-refractivity contribution in [2.24, 2.45) is 0 Å². The minimum atomic E-state index is -0.588. The lowest BCUT2D eigenvalue weighted by Gasteiger charge is -2.13. The van der Waals surface area contributed by atoms with Gasteiger partial charge in [-0.25, -0.2) is 4.79 Å². The summed E-state index contributed by atoms with van der Waals surface area (Å²) in [4.78, 5) is 39.0. The van der Waals surface area contributed by atoms with Crippen LogP contribution in [0.4, 0.5) is 0 Å². The maximum Gasteiger partial charge on any atom is 0.338 e. The van der Waals surface area contributed by atoms with E-state index in [1.807, 2.05) is 30.3 Å². The van der Waals surface area contributed by atoms with Crippen LogP contribution in [0.5, 0.6) is 0 Å². The highest BCUT2D eigenvalue weighted by Gasteiger charge is 2.36. The monoisotopic (exact) mass is 390 g/mol. The van der Waals surface area contributed by atoms with Gasteiger partial charge in [0.25, 0.3) is 11.8 Å². The molecule has 0 spiro atoms. The number of nitrogens with zero attached hydrogens (tertiary/aromatic N) is 2. The number of aromatic nitrogens is 1. The number of hydrogen-bond donors (Lipinski definition) is 0. The molecule has 7 nitrogen and oxygen atoms in total. The Balaban J connectivity index is 1.52. The zero-order valence-corrected chi connectivity index (χ0v) is 16.0. The maximum absolute atomic E-state index is 12.8. The van der Waals surface area contributed by atoms with Crippen molar-refractivity contribution in [2.45, 2.75) is 27.0 Å². The number of amides is 2. The van der Waals surface area contributed by atoms with Crippen LogP contribution in [-0.4, -0.2) is 27.8 Å². The second kappa shape index (κ2) is 7.35. The number of benzene rings is 2. The summed E-state index contributed by atoms with van der Waals surface area (Å²) in [5.41, 5.74) is 2.91. The SMILES string of the molecule is Cc1noc(C)c1COC(=O)c1ccc2c(c1)C(=O)N(Cc1ccccc1)C2=O. The lowest BCUT2D eigenvalue weighted by Crippen LogP contribution is -2.29. The van der Waals surface area contributed by atoms with Crippen LogP contribution >= 0.6 is 0 Å². The number of fused-ring (bicyclic) bond motifs is 1. The summed E-state index contributed by atoms with van der Waals surface area (Å²) >= 11 is 0. The van der Waals surface area contributed by atoms with Crippen LogP contribution in [-0.2, 0) is 17.9 Å². The molecule has 29 heavy (non-hydrogen) atoms. The highest BCUT2D eigenvalue weighted by molar-refractivity contribution is 6.21. The van der Waals surface area contributed by atoms with Crippen LogP contribution in [0.15, 0.2) is 53.1 Å². The van der Waals surface area contributed by atoms with Gasteiger partial charge in [0.2, 0.25) is 0 Å². The lowest BCUT2D eigenvalue weighted by molar-refractivity contribution is 0.0470. The first-order chi connectivity index (χ1) is 14.0. The number of carbonyl (C=O) groups is 3. The van der Waals surface area contributed by atoms with Crippen molar-refractivity contribution in [1.29, 1.82) is 0 Å². The fourth-order valence-electron chi connectivity index (χ4n) is 3.26. The van der Waals surface area contributed by atoms with Crippen LogP contribution < -0.4 is 0 Å². The fraction of sp³-hybridized carbons (Fsp3) is 0.182. The molecule has 0 saturated heterocycles. The van der Waals surface area contributed by atoms with Gasteiger partial charge in [0.05, 0.1) is 34.5 Å². The molecule has 2 heterocycles. The molecule has 1 aromatic heterocycles. The molecule has 0 aliphatic carbocycles. The Morgan fingerprint density at radius 2 is 1.76 bits per heavy atom. The third kappa shape index (κ3) is 3.42. The van der Waals surface area contributed by atoms with E-state index in [1.165, 1.54) is 23.1 Å². The zero-order chi connectivity index (χ0) is 20.5. The zero-order valence-electron chi connectivity index (χ0n) is 16.0. The Morgan fingerprint density at radius 3 is 2.45 bits per heavy atom. The molecule has 0 saturated carbocycles. The van der Waals surface area contributed by atoms with Crippen LogP contribution in [0.2, 0.25) is 0 Å². The van der Waals surface area contributed by atoms with E-state index < -0.39 is 11.9 Å². The van der Waals surface area contributed by atoms with Crippen LogP contribution in [0.1, 0.15) is 53.7 Å². The minimum Gasteiger partial charge on any atom is -0.457 e. The van der Waals surface area contributed by atoms with E-state index in [-0.39, 0.29) is 35.7 Å². The number of imide groups is 1. The molecule has 7 heteroatoms. The molecule has 2 amide bonds. The van der Waals surface area contributed by atoms with Gasteiger partial charge in [-0.1, -0.05) is 35.5 Å². The highest BCUT2D eigenvalue weighted by Crippen LogP contribution is 2.26. The molecule has 2 aromatic carbocycles. The van der Waals surface area contributed by atoms with Crippen molar-refractivity contribution >= 4 is 17.8 Å². The van der Waals surface area contributed by atoms with Gasteiger partial charge in [-0.2, -0.15) is 0 Å². The van der Waals surface area contributed by atoms with Gasteiger partial charge in [-0.3, -0.25) is 14.5 Å². The molecule has 3 aromatic rings. The quantitative estimate of drug-likeness (QED) is 0.490. The van der Waals surface area contributed by atoms with Crippen LogP contribution in [0.3, 0.4) is 0 Å². The molecular weight excluding hydrogens is 372 g/mol. The third-order valence-electron chi connectivity index (χ3n) is 4.92. The molecule has 146 valence electrons. The van der Waals surface area contributed by atoms with Crippen molar-refractivity contribution in [3.8, 4) is 0 Å². The van der Waals surface area contributed by atoms with E-state index >= 15 is 0 Å². The van der Waals surface area contributed by atoms with E-state index in [2.05, 4.69) is 5.16 Å². The molecule has 0 fully saturated rings. The Hall–Kier alpha value is -3.74. The predicted molar refractivity (Wildman–Crippen MR) is 102 cm³/mol. The minimum absolute atomic E-state index is 0.0180. The van der Waals surface area contributed by atoms with Crippen molar-refractivity contribution in [3.63, 3.8) is 0 Å². The molecule has 1 aliphatic heterocycles. The standard InChI is InChI=1S/C22H18N2O5/c1-13-19(14(2)29-23-13)12-28-22(27)16-8-9-17-18(10-16)21(26)24(20(17)25)11-15-6-4-3-5-7-15/h3-10H,11-12H2,1-2H3. The Morgan fingerprint density at radius 1 is 1.03 bits per heavy atom. The Bertz CT molecular complexity index is 1100. The summed E-state index contributed by atoms with van der Waals surface area (Å²) < 4.78 is 10.4. The van der Waals surface area contributed by atoms with E-state index in [0.29, 0.717) is 17.0 Å². The van der Waals surface area contributed by atoms with E-state index in [1.54, 1.807) is 13.8 Å². The van der Waals surface area contributed by atoms with Gasteiger partial charge in [-0.05, 0) is 37.6 Å². The van der Waals surface area contributed by atoms with Gasteiger partial charge >= 0.3 is 5.97 Å². The van der Waals surface area contributed by atoms with Gasteiger partial charge in [0.15, 0.2) is 0 Å². The summed E-state index contributed by atoms with van der Waals surface area (Å²) in [6.45, 7) is 3.70. The average molecular weight is 390 g/mol. The van der Waals surface area contributed by atoms with E-state index in [9.17, 15) is 14.4 Å². The first-order valence-corrected chi connectivity index (χ1v) is 9.08. The number of aryl methyl sites for hydroxylation is 2. The topological polar surface area (TPSA) is 89.7 Å². The lowest BCUT2D eigenvalue weighted by atomic mass is 10.1. The number of ether oxygens (including phenoxy) is 1. The van der Waals surface area contributed by atoms with Crippen molar-refractivity contribution in [3.05, 3.63) is 87.8 Å². The molecular formula is C22H18N2O5. The van der Waals surface area contributed by atoms with Crippen LogP contribution in [0, 0.1) is 13.8 Å². The van der Waals surface area contributed by atoms with E-state index in [0.717, 1.165) is 5.56 Å². The maximum atomic E-state index is 12.8. The average Bonchev–Trinajstić information content (AvgIpc) is 3.17. The normalized spacial score (nSPS) is 13.0. The van der Waals surface area contributed by atoms with Gasteiger partial charge < -0.3 is 9.26 Å². The van der Waals surface area contributed by atoms with Gasteiger partial charge in [0, 0.05) is 0 Å². The molecule has 0 atom stereocenters. The first-order valence-electron chi connectivity index (χ1n) is 9.08. The second-order valence-corrected chi connectivity index (χ2v) is 6.82. The number of esters is 1.